The van der Waals surface area contributed by atoms with E-state index >= 15 is 4.79 Å². The highest BCUT2D eigenvalue weighted by Gasteiger charge is 2.70. The SMILES string of the molecule is Cc1ccc(NN2C(=O)[C@@H]3C[C@@H]4C(=CC[C@@H]5C(=O)N(CCC(=O)O)C(=O)[C@@H]54)[C@H](c4cc(Br)ccc4O)[C@]3(c3ccccc3)C2=O)cc1. The van der Waals surface area contributed by atoms with Crippen molar-refractivity contribution in [3.8, 4) is 5.75 Å². The van der Waals surface area contributed by atoms with E-state index in [4.69, 9.17) is 0 Å². The number of phenols is 1. The Labute approximate surface area is 279 Å². The van der Waals surface area contributed by atoms with Gasteiger partial charge in [-0.25, -0.2) is 0 Å². The number of carboxylic acid groups (broad SMARTS) is 1. The molecule has 0 spiro atoms. The quantitative estimate of drug-likeness (QED) is 0.233. The molecule has 240 valence electrons. The van der Waals surface area contributed by atoms with Crippen LogP contribution in [0.5, 0.6) is 5.75 Å². The van der Waals surface area contributed by atoms with Crippen LogP contribution in [-0.4, -0.2) is 56.3 Å². The van der Waals surface area contributed by atoms with Crippen LogP contribution in [0, 0.1) is 30.6 Å². The van der Waals surface area contributed by atoms with Crippen LogP contribution >= 0.6 is 15.9 Å². The first-order chi connectivity index (χ1) is 22.5. The van der Waals surface area contributed by atoms with Gasteiger partial charge < -0.3 is 10.2 Å². The number of anilines is 1. The van der Waals surface area contributed by atoms with E-state index in [0.717, 1.165) is 15.5 Å². The van der Waals surface area contributed by atoms with Crippen LogP contribution in [0.15, 0.2) is 88.9 Å². The van der Waals surface area contributed by atoms with Gasteiger partial charge in [-0.1, -0.05) is 75.6 Å². The van der Waals surface area contributed by atoms with Crippen molar-refractivity contribution in [3.05, 3.63) is 106 Å². The fourth-order valence-electron chi connectivity index (χ4n) is 8.34. The number of hydrogen-bond donors (Lipinski definition) is 3. The minimum absolute atomic E-state index is 0.0713. The van der Waals surface area contributed by atoms with Crippen molar-refractivity contribution in [2.75, 3.05) is 12.0 Å². The number of benzene rings is 3. The van der Waals surface area contributed by atoms with E-state index in [9.17, 15) is 29.4 Å². The Morgan fingerprint density at radius 3 is 2.38 bits per heavy atom. The van der Waals surface area contributed by atoms with Gasteiger partial charge in [-0.3, -0.25) is 34.3 Å². The molecule has 2 aliphatic heterocycles. The Morgan fingerprint density at radius 2 is 1.68 bits per heavy atom. The lowest BCUT2D eigenvalue weighted by Crippen LogP contribution is -2.53. The summed E-state index contributed by atoms with van der Waals surface area (Å²) in [5.74, 6) is -7.02. The Morgan fingerprint density at radius 1 is 0.957 bits per heavy atom. The maximum absolute atomic E-state index is 15.1. The molecule has 0 unspecified atom stereocenters. The van der Waals surface area contributed by atoms with Gasteiger partial charge in [0, 0.05) is 22.5 Å². The number of carbonyl (C=O) groups excluding carboxylic acids is 4. The van der Waals surface area contributed by atoms with Crippen LogP contribution in [0.2, 0.25) is 0 Å². The van der Waals surface area contributed by atoms with Crippen molar-refractivity contribution in [2.45, 2.75) is 37.5 Å². The highest BCUT2D eigenvalue weighted by Crippen LogP contribution is 2.65. The molecular formula is C36H32BrN3O7. The summed E-state index contributed by atoms with van der Waals surface area (Å²) in [4.78, 5) is 69.5. The Balaban J connectivity index is 1.43. The van der Waals surface area contributed by atoms with Crippen molar-refractivity contribution in [2.24, 2.45) is 23.7 Å². The van der Waals surface area contributed by atoms with Gasteiger partial charge in [0.05, 0.1) is 35.3 Å². The number of likely N-dealkylation sites (tertiary alicyclic amines) is 1. The molecule has 3 aromatic carbocycles. The summed E-state index contributed by atoms with van der Waals surface area (Å²) in [5, 5.41) is 21.8. The fraction of sp³-hybridized carbons (Fsp3) is 0.306. The molecule has 6 atom stereocenters. The van der Waals surface area contributed by atoms with Crippen molar-refractivity contribution in [3.63, 3.8) is 0 Å². The Kier molecular flexibility index (Phi) is 7.54. The summed E-state index contributed by atoms with van der Waals surface area (Å²) in [6, 6.07) is 21.3. The molecular weight excluding hydrogens is 666 g/mol. The molecule has 4 amide bonds. The number of phenolic OH excluding ortho intramolecular Hbond substituents is 1. The summed E-state index contributed by atoms with van der Waals surface area (Å²) >= 11 is 3.53. The normalized spacial score (nSPS) is 28.1. The maximum atomic E-state index is 15.1. The number of nitrogens with zero attached hydrogens (tertiary/aromatic N) is 2. The molecule has 2 saturated heterocycles. The Hall–Kier alpha value is -4.77. The molecule has 2 heterocycles. The smallest absolute Gasteiger partial charge is 0.305 e. The predicted octanol–water partition coefficient (Wildman–Crippen LogP) is 4.92. The van der Waals surface area contributed by atoms with E-state index in [1.165, 1.54) is 6.07 Å². The third-order valence-corrected chi connectivity index (χ3v) is 10.8. The number of halogens is 1. The number of aliphatic carboxylic acids is 1. The molecule has 1 saturated carbocycles. The number of imide groups is 2. The number of hydrogen-bond acceptors (Lipinski definition) is 7. The van der Waals surface area contributed by atoms with Crippen LogP contribution in [0.1, 0.15) is 41.9 Å². The van der Waals surface area contributed by atoms with Crippen molar-refractivity contribution < 1.29 is 34.2 Å². The van der Waals surface area contributed by atoms with Gasteiger partial charge in [0.1, 0.15) is 5.75 Å². The number of aryl methyl sites for hydroxylation is 1. The first-order valence-corrected chi connectivity index (χ1v) is 16.4. The van der Waals surface area contributed by atoms with E-state index in [1.807, 2.05) is 55.5 Å². The van der Waals surface area contributed by atoms with Crippen LogP contribution in [0.3, 0.4) is 0 Å². The molecule has 11 heteroatoms. The molecule has 7 rings (SSSR count). The van der Waals surface area contributed by atoms with E-state index < -0.39 is 64.6 Å². The maximum Gasteiger partial charge on any atom is 0.305 e. The van der Waals surface area contributed by atoms with Gasteiger partial charge in [-0.05, 0) is 61.6 Å². The first-order valence-electron chi connectivity index (χ1n) is 15.6. The van der Waals surface area contributed by atoms with E-state index in [2.05, 4.69) is 21.4 Å². The molecule has 10 nitrogen and oxygen atoms in total. The van der Waals surface area contributed by atoms with Crippen molar-refractivity contribution >= 4 is 51.2 Å². The average molecular weight is 699 g/mol. The number of allylic oxidation sites excluding steroid dienone is 2. The lowest BCUT2D eigenvalue weighted by Gasteiger charge is -2.50. The highest BCUT2D eigenvalue weighted by molar-refractivity contribution is 9.10. The van der Waals surface area contributed by atoms with E-state index in [0.29, 0.717) is 26.9 Å². The second kappa shape index (κ2) is 11.5. The minimum atomic E-state index is -1.50. The summed E-state index contributed by atoms with van der Waals surface area (Å²) in [5.41, 5.74) is 4.82. The standard InChI is InChI=1S/C36H32BrN3O7/c1-19-7-10-22(11-8-19)38-40-33(45)27-18-25-23(12-13-24-30(25)34(46)39(32(24)44)16-15-29(42)43)31(26-17-21(37)9-14-28(26)41)36(27,35(40)47)20-5-3-2-4-6-20/h2-12,14,17,24-25,27,30-31,38,41H,13,15-16,18H2,1H3,(H,42,43)/t24-,25+,27-,30-,31+,36+/m0/s1. The van der Waals surface area contributed by atoms with Gasteiger partial charge in [-0.2, -0.15) is 5.01 Å². The predicted molar refractivity (Wildman–Crippen MR) is 174 cm³/mol. The summed E-state index contributed by atoms with van der Waals surface area (Å²) < 4.78 is 0.653. The van der Waals surface area contributed by atoms with Gasteiger partial charge >= 0.3 is 5.97 Å². The molecule has 2 aliphatic carbocycles. The number of amides is 4. The molecule has 0 aromatic heterocycles. The number of fused-ring (bicyclic) bond motifs is 4. The zero-order chi connectivity index (χ0) is 33.2. The zero-order valence-electron chi connectivity index (χ0n) is 25.4. The third kappa shape index (κ3) is 4.70. The molecule has 3 fully saturated rings. The fourth-order valence-corrected chi connectivity index (χ4v) is 8.72. The minimum Gasteiger partial charge on any atom is -0.508 e. The molecule has 3 N–H and O–H groups in total. The molecule has 4 aliphatic rings. The second-order valence-electron chi connectivity index (χ2n) is 12.8. The largest absolute Gasteiger partial charge is 0.508 e. The lowest BCUT2D eigenvalue weighted by molar-refractivity contribution is -0.143. The number of hydrazine groups is 1. The number of carboxylic acids is 1. The van der Waals surface area contributed by atoms with Crippen LogP contribution in [0.4, 0.5) is 5.69 Å². The van der Waals surface area contributed by atoms with Crippen LogP contribution in [0.25, 0.3) is 0 Å². The monoisotopic (exact) mass is 697 g/mol. The van der Waals surface area contributed by atoms with E-state index in [1.54, 1.807) is 24.3 Å². The second-order valence-corrected chi connectivity index (χ2v) is 13.7. The van der Waals surface area contributed by atoms with Crippen molar-refractivity contribution in [1.82, 2.24) is 9.91 Å². The molecule has 3 aromatic rings. The molecule has 0 radical (unpaired) electrons. The van der Waals surface area contributed by atoms with Crippen molar-refractivity contribution in [1.29, 1.82) is 0 Å². The molecule has 0 bridgehead atoms. The molecule has 47 heavy (non-hydrogen) atoms. The third-order valence-electron chi connectivity index (χ3n) is 10.3. The van der Waals surface area contributed by atoms with Crippen LogP contribution < -0.4 is 5.43 Å². The summed E-state index contributed by atoms with van der Waals surface area (Å²) in [7, 11) is 0. The van der Waals surface area contributed by atoms with Gasteiger partial charge in [0.15, 0.2) is 0 Å². The highest BCUT2D eigenvalue weighted by atomic mass is 79.9. The van der Waals surface area contributed by atoms with Gasteiger partial charge in [0.2, 0.25) is 11.8 Å². The number of nitrogens with one attached hydrogen (secondary N) is 1. The topological polar surface area (TPSA) is 144 Å². The number of aromatic hydroxyl groups is 1. The number of carbonyl (C=O) groups is 5. The Bertz CT molecular complexity index is 1860. The number of rotatable bonds is 7. The van der Waals surface area contributed by atoms with Crippen LogP contribution in [-0.2, 0) is 29.4 Å². The van der Waals surface area contributed by atoms with Gasteiger partial charge in [0.25, 0.3) is 11.8 Å². The van der Waals surface area contributed by atoms with Gasteiger partial charge in [-0.15, -0.1) is 0 Å². The zero-order valence-corrected chi connectivity index (χ0v) is 27.0. The summed E-state index contributed by atoms with van der Waals surface area (Å²) in [6.07, 6.45) is 1.84. The first kappa shape index (κ1) is 30.9. The van der Waals surface area contributed by atoms with E-state index in [-0.39, 0.29) is 31.6 Å². The lowest BCUT2D eigenvalue weighted by atomic mass is 9.49. The average Bonchev–Trinajstić information content (AvgIpc) is 3.43. The summed E-state index contributed by atoms with van der Waals surface area (Å²) in [6.45, 7) is 1.70.